The molecule has 1 atom stereocenters. The molecule has 0 amide bonds. The number of nitrogens with one attached hydrogen (secondary N) is 1. The number of benzene rings is 1. The third-order valence-electron chi connectivity index (χ3n) is 6.18. The molecule has 0 fully saturated rings. The summed E-state index contributed by atoms with van der Waals surface area (Å²) in [5, 5.41) is 27.0. The molecule has 0 saturated carbocycles. The minimum atomic E-state index is -3.77. The number of hydrogen-bond acceptors (Lipinski definition) is 6. The maximum Gasteiger partial charge on any atom is 0.303 e. The topological polar surface area (TPSA) is 107 Å². The molecule has 3 N–H and O–H groups in total. The molecule has 7 nitrogen and oxygen atoms in total. The zero-order valence-corrected chi connectivity index (χ0v) is 22.9. The van der Waals surface area contributed by atoms with E-state index in [4.69, 9.17) is 5.11 Å². The van der Waals surface area contributed by atoms with Crippen molar-refractivity contribution < 1.29 is 23.4 Å². The van der Waals surface area contributed by atoms with Crippen LogP contribution in [0.4, 0.5) is 0 Å². The monoisotopic (exact) mass is 524 g/mol. The van der Waals surface area contributed by atoms with E-state index >= 15 is 0 Å². The summed E-state index contributed by atoms with van der Waals surface area (Å²) in [5.41, 5.74) is 2.80. The Morgan fingerprint density at radius 1 is 1.17 bits per heavy atom. The number of aliphatic carboxylic acids is 1. The van der Waals surface area contributed by atoms with Gasteiger partial charge in [-0.25, -0.2) is 8.42 Å². The van der Waals surface area contributed by atoms with Crippen LogP contribution in [0.1, 0.15) is 63.1 Å². The van der Waals surface area contributed by atoms with E-state index in [1.807, 2.05) is 13.0 Å². The van der Waals surface area contributed by atoms with E-state index in [1.165, 1.54) is 16.9 Å². The van der Waals surface area contributed by atoms with Crippen molar-refractivity contribution in [3.05, 3.63) is 51.7 Å². The van der Waals surface area contributed by atoms with Gasteiger partial charge in [-0.2, -0.15) is 15.6 Å². The van der Waals surface area contributed by atoms with Gasteiger partial charge in [-0.1, -0.05) is 19.1 Å². The Morgan fingerprint density at radius 2 is 1.89 bits per heavy atom. The van der Waals surface area contributed by atoms with Crippen molar-refractivity contribution in [3.8, 4) is 0 Å². The Bertz CT molecular complexity index is 1040. The standard InChI is InChI=1S/C26H40N2O5S2/c1-5-22-16-20(8-6-10-25(30)31)11-12-24(22)35(32,33)28(4)18-23(29)17-27-26(2,3)14-7-9-21-13-15-34-19-21/h11-13,15-16,19,23,27,29H,5-10,14,17-18H2,1-4H3,(H,30,31)/t23-/m1/s1. The van der Waals surface area contributed by atoms with Crippen LogP contribution in [-0.4, -0.2) is 60.7 Å². The maximum absolute atomic E-state index is 13.2. The average molecular weight is 525 g/mol. The summed E-state index contributed by atoms with van der Waals surface area (Å²) in [4.78, 5) is 11.0. The Labute approximate surface area is 214 Å². The van der Waals surface area contributed by atoms with E-state index in [2.05, 4.69) is 36.0 Å². The number of aliphatic hydroxyl groups excluding tert-OH is 1. The first-order chi connectivity index (χ1) is 16.4. The molecule has 1 heterocycles. The summed E-state index contributed by atoms with van der Waals surface area (Å²) in [6.45, 7) is 6.38. The van der Waals surface area contributed by atoms with Gasteiger partial charge in [0.2, 0.25) is 10.0 Å². The second-order valence-electron chi connectivity index (χ2n) is 9.73. The number of sulfonamides is 1. The minimum absolute atomic E-state index is 0.0101. The highest BCUT2D eigenvalue weighted by molar-refractivity contribution is 7.89. The number of hydrogen-bond donors (Lipinski definition) is 3. The summed E-state index contributed by atoms with van der Waals surface area (Å²) in [5.74, 6) is -0.837. The van der Waals surface area contributed by atoms with E-state index in [1.54, 1.807) is 23.5 Å². The van der Waals surface area contributed by atoms with E-state index in [-0.39, 0.29) is 23.4 Å². The largest absolute Gasteiger partial charge is 0.481 e. The van der Waals surface area contributed by atoms with Gasteiger partial charge in [-0.05, 0) is 92.0 Å². The SMILES string of the molecule is CCc1cc(CCCC(=O)O)ccc1S(=O)(=O)N(C)C[C@H](O)CNC(C)(C)CCCc1ccsc1. The molecule has 0 saturated heterocycles. The lowest BCUT2D eigenvalue weighted by Crippen LogP contribution is -2.46. The van der Waals surface area contributed by atoms with Crippen LogP contribution >= 0.6 is 11.3 Å². The number of carboxylic acids is 1. The molecule has 1 aromatic heterocycles. The van der Waals surface area contributed by atoms with Crippen molar-refractivity contribution >= 4 is 27.3 Å². The Kier molecular flexibility index (Phi) is 11.4. The molecule has 0 aliphatic carbocycles. The Balaban J connectivity index is 1.91. The number of carbonyl (C=O) groups is 1. The summed E-state index contributed by atoms with van der Waals surface area (Å²) >= 11 is 1.70. The second kappa shape index (κ2) is 13.5. The molecule has 2 aromatic rings. The van der Waals surface area contributed by atoms with Gasteiger partial charge in [-0.3, -0.25) is 4.79 Å². The van der Waals surface area contributed by atoms with E-state index in [0.29, 0.717) is 31.4 Å². The first kappa shape index (κ1) is 29.5. The van der Waals surface area contributed by atoms with Gasteiger partial charge in [0.1, 0.15) is 0 Å². The predicted molar refractivity (Wildman–Crippen MR) is 142 cm³/mol. The molecule has 0 aliphatic rings. The predicted octanol–water partition coefficient (Wildman–Crippen LogP) is 4.09. The molecular formula is C26H40N2O5S2. The molecule has 0 spiro atoms. The van der Waals surface area contributed by atoms with Gasteiger partial charge in [-0.15, -0.1) is 0 Å². The number of nitrogens with zero attached hydrogens (tertiary/aromatic N) is 1. The van der Waals surface area contributed by atoms with Crippen LogP contribution in [0, 0.1) is 0 Å². The fourth-order valence-corrected chi connectivity index (χ4v) is 6.22. The number of β-amino-alcohol motifs (C(OH)–C–C–N with tert-alkyl or cyclic N) is 1. The zero-order chi connectivity index (χ0) is 26.1. The first-order valence-corrected chi connectivity index (χ1v) is 14.6. The van der Waals surface area contributed by atoms with Gasteiger partial charge in [0.05, 0.1) is 11.0 Å². The Morgan fingerprint density at radius 3 is 2.51 bits per heavy atom. The third kappa shape index (κ3) is 9.65. The molecule has 0 radical (unpaired) electrons. The highest BCUT2D eigenvalue weighted by Gasteiger charge is 2.26. The number of likely N-dealkylation sites (N-methyl/N-ethyl adjacent to an activating group) is 1. The minimum Gasteiger partial charge on any atom is -0.481 e. The maximum atomic E-state index is 13.2. The van der Waals surface area contributed by atoms with Crippen LogP contribution in [0.25, 0.3) is 0 Å². The van der Waals surface area contributed by atoms with Crippen LogP contribution in [0.15, 0.2) is 39.9 Å². The molecule has 196 valence electrons. The van der Waals surface area contributed by atoms with E-state index in [0.717, 1.165) is 24.8 Å². The highest BCUT2D eigenvalue weighted by Crippen LogP contribution is 2.23. The van der Waals surface area contributed by atoms with Crippen molar-refractivity contribution in [2.24, 2.45) is 0 Å². The Hall–Kier alpha value is -1.78. The van der Waals surface area contributed by atoms with Crippen molar-refractivity contribution in [1.82, 2.24) is 9.62 Å². The lowest BCUT2D eigenvalue weighted by molar-refractivity contribution is -0.137. The number of aryl methyl sites for hydroxylation is 3. The van der Waals surface area contributed by atoms with Gasteiger partial charge in [0.25, 0.3) is 0 Å². The average Bonchev–Trinajstić information content (AvgIpc) is 3.30. The van der Waals surface area contributed by atoms with Crippen molar-refractivity contribution in [1.29, 1.82) is 0 Å². The molecule has 35 heavy (non-hydrogen) atoms. The molecule has 0 unspecified atom stereocenters. The number of rotatable bonds is 16. The van der Waals surface area contributed by atoms with Crippen LogP contribution in [0.2, 0.25) is 0 Å². The van der Waals surface area contributed by atoms with E-state index < -0.39 is 22.1 Å². The summed E-state index contributed by atoms with van der Waals surface area (Å²) in [7, 11) is -2.28. The molecule has 1 aromatic carbocycles. The number of aliphatic hydroxyl groups is 1. The van der Waals surface area contributed by atoms with Crippen LogP contribution in [-0.2, 0) is 34.1 Å². The van der Waals surface area contributed by atoms with Gasteiger partial charge >= 0.3 is 5.97 Å². The molecule has 2 rings (SSSR count). The van der Waals surface area contributed by atoms with E-state index in [9.17, 15) is 18.3 Å². The lowest BCUT2D eigenvalue weighted by Gasteiger charge is -2.29. The van der Waals surface area contributed by atoms with Crippen molar-refractivity contribution in [2.75, 3.05) is 20.1 Å². The summed E-state index contributed by atoms with van der Waals surface area (Å²) in [6.07, 6.45) is 3.88. The fourth-order valence-electron chi connectivity index (χ4n) is 4.04. The fraction of sp³-hybridized carbons (Fsp3) is 0.577. The summed E-state index contributed by atoms with van der Waals surface area (Å²) < 4.78 is 27.7. The molecule has 0 aliphatic heterocycles. The van der Waals surface area contributed by atoms with Crippen molar-refractivity contribution in [2.45, 2.75) is 82.3 Å². The third-order valence-corrected chi connectivity index (χ3v) is 8.84. The first-order valence-electron chi connectivity index (χ1n) is 12.2. The molecule has 0 bridgehead atoms. The van der Waals surface area contributed by atoms with Gasteiger partial charge < -0.3 is 15.5 Å². The molecule has 9 heteroatoms. The highest BCUT2D eigenvalue weighted by atomic mass is 32.2. The summed E-state index contributed by atoms with van der Waals surface area (Å²) in [6, 6.07) is 7.33. The van der Waals surface area contributed by atoms with Crippen molar-refractivity contribution in [3.63, 3.8) is 0 Å². The second-order valence-corrected chi connectivity index (χ2v) is 12.5. The van der Waals surface area contributed by atoms with Crippen LogP contribution in [0.5, 0.6) is 0 Å². The quantitative estimate of drug-likeness (QED) is 0.305. The van der Waals surface area contributed by atoms with Gasteiger partial charge in [0, 0.05) is 32.1 Å². The smallest absolute Gasteiger partial charge is 0.303 e. The molecular weight excluding hydrogens is 484 g/mol. The zero-order valence-electron chi connectivity index (χ0n) is 21.3. The van der Waals surface area contributed by atoms with Crippen LogP contribution in [0.3, 0.4) is 0 Å². The number of thiophene rings is 1. The normalized spacial score (nSPS) is 13.3. The lowest BCUT2D eigenvalue weighted by atomic mass is 9.96. The number of carboxylic acid groups (broad SMARTS) is 1. The van der Waals surface area contributed by atoms with Gasteiger partial charge in [0.15, 0.2) is 0 Å². The van der Waals surface area contributed by atoms with Crippen LogP contribution < -0.4 is 5.32 Å².